The second kappa shape index (κ2) is 9.47. The normalized spacial score (nSPS) is 19.0. The molecule has 2 N–H and O–H groups in total. The van der Waals surface area contributed by atoms with Crippen LogP contribution < -0.4 is 16.1 Å². The Morgan fingerprint density at radius 2 is 1.47 bits per heavy atom. The van der Waals surface area contributed by atoms with Crippen LogP contribution in [-0.4, -0.2) is 50.1 Å². The number of benzene rings is 2. The van der Waals surface area contributed by atoms with Crippen LogP contribution in [0.5, 0.6) is 0 Å². The summed E-state index contributed by atoms with van der Waals surface area (Å²) in [5.74, 6) is -0.348. The van der Waals surface area contributed by atoms with E-state index in [4.69, 9.17) is 14.9 Å². The summed E-state index contributed by atoms with van der Waals surface area (Å²) >= 11 is 0. The third-order valence-electron chi connectivity index (χ3n) is 5.90. The lowest BCUT2D eigenvalue weighted by atomic mass is 10.2. The number of esters is 1. The summed E-state index contributed by atoms with van der Waals surface area (Å²) in [5.41, 5.74) is 5.62. The van der Waals surface area contributed by atoms with Gasteiger partial charge in [0.15, 0.2) is 0 Å². The van der Waals surface area contributed by atoms with Gasteiger partial charge in [-0.25, -0.2) is 4.79 Å². The first-order chi connectivity index (χ1) is 14.9. The third kappa shape index (κ3) is 5.31. The first kappa shape index (κ1) is 24.6. The van der Waals surface area contributed by atoms with Gasteiger partial charge in [0.2, 0.25) is 6.23 Å². The van der Waals surface area contributed by atoms with Crippen LogP contribution >= 0.6 is 0 Å². The number of nitrogens with zero attached hydrogens (tertiary/aromatic N) is 1. The highest BCUT2D eigenvalue weighted by Gasteiger charge is 2.54. The lowest BCUT2D eigenvalue weighted by Gasteiger charge is -2.46. The Morgan fingerprint density at radius 1 is 0.969 bits per heavy atom. The van der Waals surface area contributed by atoms with Crippen molar-refractivity contribution in [3.05, 3.63) is 60.7 Å². The van der Waals surface area contributed by atoms with E-state index in [2.05, 4.69) is 49.9 Å². The SMILES string of the molecule is CC(C)(C)OC(=O)C(O[Si](c1ccccc1)(c1ccccc1)C(C)(C)C)N1CCC(N)C1. The summed E-state index contributed by atoms with van der Waals surface area (Å²) in [5, 5.41) is 2.03. The lowest BCUT2D eigenvalue weighted by Crippen LogP contribution is -2.70. The van der Waals surface area contributed by atoms with E-state index in [1.165, 1.54) is 0 Å². The molecule has 0 radical (unpaired) electrons. The molecule has 32 heavy (non-hydrogen) atoms. The van der Waals surface area contributed by atoms with Crippen LogP contribution in [0.3, 0.4) is 0 Å². The smallest absolute Gasteiger partial charge is 0.350 e. The molecule has 1 aliphatic heterocycles. The molecule has 0 saturated carbocycles. The van der Waals surface area contributed by atoms with E-state index in [-0.39, 0.29) is 17.0 Å². The molecule has 0 spiro atoms. The molecule has 0 amide bonds. The molecular weight excluding hydrogens is 416 g/mol. The highest BCUT2D eigenvalue weighted by Crippen LogP contribution is 2.38. The Morgan fingerprint density at radius 3 is 1.84 bits per heavy atom. The summed E-state index contributed by atoms with van der Waals surface area (Å²) in [6.07, 6.45) is 0.0257. The fourth-order valence-corrected chi connectivity index (χ4v) is 9.11. The van der Waals surface area contributed by atoms with Gasteiger partial charge in [-0.1, -0.05) is 81.4 Å². The Balaban J connectivity index is 2.16. The van der Waals surface area contributed by atoms with E-state index >= 15 is 0 Å². The van der Waals surface area contributed by atoms with E-state index in [1.807, 2.05) is 57.2 Å². The van der Waals surface area contributed by atoms with Gasteiger partial charge in [-0.2, -0.15) is 0 Å². The highest BCUT2D eigenvalue weighted by molar-refractivity contribution is 6.99. The highest BCUT2D eigenvalue weighted by atomic mass is 28.4. The van der Waals surface area contributed by atoms with Gasteiger partial charge in [0, 0.05) is 19.1 Å². The molecule has 5 nitrogen and oxygen atoms in total. The molecule has 174 valence electrons. The van der Waals surface area contributed by atoms with Crippen LogP contribution in [0, 0.1) is 0 Å². The van der Waals surface area contributed by atoms with Crippen molar-refractivity contribution in [2.75, 3.05) is 13.1 Å². The van der Waals surface area contributed by atoms with Gasteiger partial charge in [0.25, 0.3) is 8.32 Å². The van der Waals surface area contributed by atoms with Crippen LogP contribution in [0.15, 0.2) is 60.7 Å². The molecule has 2 atom stereocenters. The summed E-state index contributed by atoms with van der Waals surface area (Å²) in [7, 11) is -2.92. The predicted octanol–water partition coefficient (Wildman–Crippen LogP) is 3.26. The van der Waals surface area contributed by atoms with Crippen LogP contribution in [0.4, 0.5) is 0 Å². The van der Waals surface area contributed by atoms with Crippen LogP contribution in [0.25, 0.3) is 0 Å². The monoisotopic (exact) mass is 454 g/mol. The summed E-state index contributed by atoms with van der Waals surface area (Å²) in [4.78, 5) is 15.6. The average molecular weight is 455 g/mol. The number of rotatable bonds is 6. The first-order valence-electron chi connectivity index (χ1n) is 11.5. The van der Waals surface area contributed by atoms with E-state index in [0.29, 0.717) is 13.1 Å². The summed E-state index contributed by atoms with van der Waals surface area (Å²) in [6.45, 7) is 13.6. The zero-order chi connectivity index (χ0) is 23.6. The van der Waals surface area contributed by atoms with Crippen LogP contribution in [0.1, 0.15) is 48.0 Å². The third-order valence-corrected chi connectivity index (χ3v) is 10.9. The van der Waals surface area contributed by atoms with Crippen molar-refractivity contribution in [2.45, 2.75) is 70.9 Å². The average Bonchev–Trinajstić information content (AvgIpc) is 3.14. The van der Waals surface area contributed by atoms with Crippen LogP contribution in [0.2, 0.25) is 5.04 Å². The second-order valence-corrected chi connectivity index (χ2v) is 15.0. The van der Waals surface area contributed by atoms with Crippen LogP contribution in [-0.2, 0) is 14.0 Å². The van der Waals surface area contributed by atoms with Gasteiger partial charge in [-0.15, -0.1) is 0 Å². The Bertz CT molecular complexity index is 851. The van der Waals surface area contributed by atoms with Crippen molar-refractivity contribution in [2.24, 2.45) is 5.73 Å². The summed E-state index contributed by atoms with van der Waals surface area (Å²) < 4.78 is 13.0. The van der Waals surface area contributed by atoms with Gasteiger partial charge in [-0.3, -0.25) is 4.90 Å². The maximum atomic E-state index is 13.5. The molecule has 0 aliphatic carbocycles. The second-order valence-electron chi connectivity index (χ2n) is 10.7. The van der Waals surface area contributed by atoms with Crippen molar-refractivity contribution < 1.29 is 14.0 Å². The molecule has 2 aromatic carbocycles. The number of carbonyl (C=O) groups excluding carboxylic acids is 1. The van der Waals surface area contributed by atoms with E-state index in [9.17, 15) is 4.79 Å². The van der Waals surface area contributed by atoms with Crippen molar-refractivity contribution >= 4 is 24.7 Å². The molecular formula is C26H38N2O3Si. The van der Waals surface area contributed by atoms with Gasteiger partial charge in [0.05, 0.1) is 0 Å². The zero-order valence-electron chi connectivity index (χ0n) is 20.3. The molecule has 0 aromatic heterocycles. The molecule has 2 unspecified atom stereocenters. The van der Waals surface area contributed by atoms with Crippen molar-refractivity contribution in [1.29, 1.82) is 0 Å². The number of hydrogen-bond donors (Lipinski definition) is 1. The molecule has 1 heterocycles. The van der Waals surface area contributed by atoms with Gasteiger partial charge in [0.1, 0.15) is 5.60 Å². The van der Waals surface area contributed by atoms with Gasteiger partial charge >= 0.3 is 5.97 Å². The molecule has 2 aromatic rings. The van der Waals surface area contributed by atoms with Gasteiger partial charge in [-0.05, 0) is 42.6 Å². The quantitative estimate of drug-likeness (QED) is 0.536. The maximum Gasteiger partial charge on any atom is 0.350 e. The fourth-order valence-electron chi connectivity index (χ4n) is 4.51. The number of hydrogen-bond acceptors (Lipinski definition) is 5. The summed E-state index contributed by atoms with van der Waals surface area (Å²) in [6, 6.07) is 20.8. The Hall–Kier alpha value is -1.99. The minimum absolute atomic E-state index is 0.0303. The number of carbonyl (C=O) groups is 1. The number of nitrogens with two attached hydrogens (primary N) is 1. The zero-order valence-corrected chi connectivity index (χ0v) is 21.3. The van der Waals surface area contributed by atoms with E-state index in [1.54, 1.807) is 0 Å². The van der Waals surface area contributed by atoms with Crippen molar-refractivity contribution in [3.63, 3.8) is 0 Å². The first-order valence-corrected chi connectivity index (χ1v) is 13.4. The molecule has 1 fully saturated rings. The number of ether oxygens (including phenoxy) is 1. The molecule has 3 rings (SSSR count). The Kier molecular flexibility index (Phi) is 7.30. The maximum absolute atomic E-state index is 13.5. The van der Waals surface area contributed by atoms with E-state index < -0.39 is 20.1 Å². The Labute approximate surface area is 194 Å². The molecule has 1 saturated heterocycles. The fraction of sp³-hybridized carbons (Fsp3) is 0.500. The largest absolute Gasteiger partial charge is 0.457 e. The molecule has 1 aliphatic rings. The van der Waals surface area contributed by atoms with Crippen molar-refractivity contribution in [3.8, 4) is 0 Å². The molecule has 0 bridgehead atoms. The predicted molar refractivity (Wildman–Crippen MR) is 133 cm³/mol. The minimum Gasteiger partial charge on any atom is -0.457 e. The standard InChI is InChI=1S/C26H38N2O3Si/c1-25(2,3)30-24(29)23(28-18-17-20(27)19-28)31-32(26(4,5)6,21-13-9-7-10-14-21)22-15-11-8-12-16-22/h7-16,20,23H,17-19,27H2,1-6H3. The molecule has 6 heteroatoms. The number of likely N-dealkylation sites (tertiary alicyclic amines) is 1. The van der Waals surface area contributed by atoms with Gasteiger partial charge < -0.3 is 14.9 Å². The topological polar surface area (TPSA) is 64.8 Å². The van der Waals surface area contributed by atoms with E-state index in [0.717, 1.165) is 16.8 Å². The minimum atomic E-state index is -2.92. The lowest BCUT2D eigenvalue weighted by molar-refractivity contribution is -0.173. The van der Waals surface area contributed by atoms with Crippen molar-refractivity contribution in [1.82, 2.24) is 4.90 Å².